The van der Waals surface area contributed by atoms with Crippen molar-refractivity contribution in [2.24, 2.45) is 7.05 Å². The number of amides is 2. The normalized spacial score (nSPS) is 18.5. The van der Waals surface area contributed by atoms with Gasteiger partial charge in [-0.25, -0.2) is 14.8 Å². The molecule has 1 saturated heterocycles. The highest BCUT2D eigenvalue weighted by molar-refractivity contribution is 5.89. The van der Waals surface area contributed by atoms with Crippen LogP contribution in [0.4, 0.5) is 29.5 Å². The molecule has 1 aliphatic rings. The number of aryl methyl sites for hydroxylation is 1. The molecule has 188 valence electrons. The number of fused-ring (bicyclic) bond motifs is 1. The van der Waals surface area contributed by atoms with Gasteiger partial charge in [-0.3, -0.25) is 4.79 Å². The number of hydrogen-bond acceptors (Lipinski definition) is 6. The lowest BCUT2D eigenvalue weighted by atomic mass is 9.97. The Morgan fingerprint density at radius 3 is 2.77 bits per heavy atom. The van der Waals surface area contributed by atoms with Crippen molar-refractivity contribution in [3.05, 3.63) is 40.6 Å². The highest BCUT2D eigenvalue weighted by Gasteiger charge is 2.34. The zero-order valence-corrected chi connectivity index (χ0v) is 19.7. The van der Waals surface area contributed by atoms with Gasteiger partial charge in [0.2, 0.25) is 0 Å². The fourth-order valence-corrected chi connectivity index (χ4v) is 4.32. The molecule has 2 atom stereocenters. The van der Waals surface area contributed by atoms with Gasteiger partial charge in [0.15, 0.2) is 16.9 Å². The van der Waals surface area contributed by atoms with E-state index < -0.39 is 29.0 Å². The molecule has 1 fully saturated rings. The van der Waals surface area contributed by atoms with Crippen LogP contribution in [0.1, 0.15) is 25.3 Å². The first kappa shape index (κ1) is 24.4. The molecule has 0 saturated carbocycles. The molecule has 35 heavy (non-hydrogen) atoms. The van der Waals surface area contributed by atoms with Crippen LogP contribution in [-0.2, 0) is 13.2 Å². The first-order valence-electron chi connectivity index (χ1n) is 11.0. The quantitative estimate of drug-likeness (QED) is 0.578. The van der Waals surface area contributed by atoms with E-state index in [2.05, 4.69) is 25.2 Å². The van der Waals surface area contributed by atoms with Crippen LogP contribution < -0.4 is 20.5 Å². The van der Waals surface area contributed by atoms with Crippen LogP contribution in [-0.4, -0.2) is 63.2 Å². The minimum atomic E-state index is -4.64. The van der Waals surface area contributed by atoms with E-state index in [1.165, 1.54) is 11.9 Å². The number of aromatic nitrogens is 4. The minimum absolute atomic E-state index is 0.00196. The van der Waals surface area contributed by atoms with Gasteiger partial charge in [0.05, 0.1) is 18.9 Å². The summed E-state index contributed by atoms with van der Waals surface area (Å²) in [6, 6.07) is -0.175. The molecule has 2 N–H and O–H groups in total. The summed E-state index contributed by atoms with van der Waals surface area (Å²) in [6.45, 7) is 2.59. The molecular formula is C22H26F3N7O3. The van der Waals surface area contributed by atoms with Gasteiger partial charge in [-0.1, -0.05) is 0 Å². The number of piperidine rings is 1. The molecule has 0 spiro atoms. The van der Waals surface area contributed by atoms with Gasteiger partial charge in [-0.2, -0.15) is 13.2 Å². The van der Waals surface area contributed by atoms with E-state index in [9.17, 15) is 22.8 Å². The van der Waals surface area contributed by atoms with Crippen LogP contribution in [0.15, 0.2) is 29.5 Å². The molecule has 0 aliphatic carbocycles. The minimum Gasteiger partial charge on any atom is -0.493 e. The molecule has 13 heteroatoms. The number of alkyl halides is 3. The second-order valence-electron chi connectivity index (χ2n) is 8.60. The average molecular weight is 493 g/mol. The van der Waals surface area contributed by atoms with Crippen molar-refractivity contribution in [1.29, 1.82) is 0 Å². The van der Waals surface area contributed by atoms with Gasteiger partial charge in [0.1, 0.15) is 11.5 Å². The van der Waals surface area contributed by atoms with E-state index in [1.54, 1.807) is 26.6 Å². The SMILES string of the molecule is COc1c[nH]c2ncc(N3CC[C@H](N(C)C(=O)Nc4cc(C(F)(F)F)cn(C)c4=O)C[C@H]3C)nc12. The third kappa shape index (κ3) is 4.75. The molecule has 3 aromatic rings. The number of H-pyrrole nitrogens is 1. The predicted octanol–water partition coefficient (Wildman–Crippen LogP) is 3.21. The molecule has 3 aromatic heterocycles. The largest absolute Gasteiger partial charge is 0.493 e. The third-order valence-electron chi connectivity index (χ3n) is 6.32. The van der Waals surface area contributed by atoms with E-state index in [4.69, 9.17) is 4.74 Å². The second-order valence-corrected chi connectivity index (χ2v) is 8.60. The maximum absolute atomic E-state index is 13.1. The molecule has 0 aromatic carbocycles. The number of halogens is 3. The van der Waals surface area contributed by atoms with Crippen LogP contribution in [0.2, 0.25) is 0 Å². The Kier molecular flexibility index (Phi) is 6.34. The van der Waals surface area contributed by atoms with E-state index in [-0.39, 0.29) is 12.1 Å². The number of nitrogens with zero attached hydrogens (tertiary/aromatic N) is 5. The summed E-state index contributed by atoms with van der Waals surface area (Å²) < 4.78 is 45.5. The topological polar surface area (TPSA) is 108 Å². The fraction of sp³-hybridized carbons (Fsp3) is 0.455. The summed E-state index contributed by atoms with van der Waals surface area (Å²) in [6.07, 6.45) is 0.607. The van der Waals surface area contributed by atoms with Gasteiger partial charge < -0.3 is 29.4 Å². The van der Waals surface area contributed by atoms with Crippen LogP contribution >= 0.6 is 0 Å². The highest BCUT2D eigenvalue weighted by atomic mass is 19.4. The Bertz CT molecular complexity index is 1300. The summed E-state index contributed by atoms with van der Waals surface area (Å²) in [5.74, 6) is 1.27. The molecule has 4 rings (SSSR count). The predicted molar refractivity (Wildman–Crippen MR) is 124 cm³/mol. The standard InChI is InChI=1S/C22H26F3N7O3/c1-12-7-14(5-6-32(12)17-10-27-19-18(29-17)16(35-4)9-26-19)31(3)21(34)28-15-8-13(22(23,24)25)11-30(2)20(15)33/h8-12,14H,5-7H2,1-4H3,(H,26,27)(H,28,34)/t12-,14+/m1/s1. The number of carbonyl (C=O) groups is 1. The lowest BCUT2D eigenvalue weighted by molar-refractivity contribution is -0.138. The Morgan fingerprint density at radius 1 is 1.37 bits per heavy atom. The summed E-state index contributed by atoms with van der Waals surface area (Å²) >= 11 is 0. The van der Waals surface area contributed by atoms with Crippen molar-refractivity contribution < 1.29 is 22.7 Å². The van der Waals surface area contributed by atoms with Gasteiger partial charge in [-0.15, -0.1) is 0 Å². The number of rotatable bonds is 4. The molecule has 4 heterocycles. The molecular weight excluding hydrogens is 467 g/mol. The van der Waals surface area contributed by atoms with Crippen LogP contribution in [0.3, 0.4) is 0 Å². The van der Waals surface area contributed by atoms with Crippen molar-refractivity contribution in [2.45, 2.75) is 38.0 Å². The first-order chi connectivity index (χ1) is 16.5. The van der Waals surface area contributed by atoms with Crippen molar-refractivity contribution in [3.8, 4) is 5.75 Å². The third-order valence-corrected chi connectivity index (χ3v) is 6.32. The molecule has 10 nitrogen and oxygen atoms in total. The van der Waals surface area contributed by atoms with Gasteiger partial charge >= 0.3 is 12.2 Å². The molecule has 2 amide bonds. The number of anilines is 2. The Balaban J connectivity index is 1.46. The average Bonchev–Trinajstić information content (AvgIpc) is 3.22. The number of ether oxygens (including phenoxy) is 1. The summed E-state index contributed by atoms with van der Waals surface area (Å²) in [5, 5.41) is 2.35. The van der Waals surface area contributed by atoms with Crippen molar-refractivity contribution >= 4 is 28.7 Å². The molecule has 0 unspecified atom stereocenters. The smallest absolute Gasteiger partial charge is 0.417 e. The first-order valence-corrected chi connectivity index (χ1v) is 11.0. The van der Waals surface area contributed by atoms with Crippen molar-refractivity contribution in [1.82, 2.24) is 24.4 Å². The summed E-state index contributed by atoms with van der Waals surface area (Å²) in [4.78, 5) is 40.7. The zero-order valence-electron chi connectivity index (χ0n) is 19.7. The highest BCUT2D eigenvalue weighted by Crippen LogP contribution is 2.31. The van der Waals surface area contributed by atoms with E-state index in [0.717, 1.165) is 4.57 Å². The van der Waals surface area contributed by atoms with Crippen LogP contribution in [0, 0.1) is 0 Å². The lowest BCUT2D eigenvalue weighted by Crippen LogP contribution is -2.51. The number of methoxy groups -OCH3 is 1. The zero-order chi connectivity index (χ0) is 25.5. The Labute approximate surface area is 198 Å². The maximum Gasteiger partial charge on any atom is 0.417 e. The maximum atomic E-state index is 13.1. The molecule has 1 aliphatic heterocycles. The van der Waals surface area contributed by atoms with Gasteiger partial charge in [0, 0.05) is 45.1 Å². The second kappa shape index (κ2) is 9.12. The van der Waals surface area contributed by atoms with Gasteiger partial charge in [-0.05, 0) is 25.8 Å². The Morgan fingerprint density at radius 2 is 2.11 bits per heavy atom. The molecule has 0 radical (unpaired) electrons. The monoisotopic (exact) mass is 493 g/mol. The Hall–Kier alpha value is -3.77. The van der Waals surface area contributed by atoms with E-state index >= 15 is 0 Å². The number of aromatic amines is 1. The lowest BCUT2D eigenvalue weighted by Gasteiger charge is -2.41. The van der Waals surface area contributed by atoms with E-state index in [0.29, 0.717) is 54.4 Å². The van der Waals surface area contributed by atoms with Gasteiger partial charge in [0.25, 0.3) is 5.56 Å². The van der Waals surface area contributed by atoms with E-state index in [1.807, 2.05) is 6.92 Å². The van der Waals surface area contributed by atoms with Crippen molar-refractivity contribution in [3.63, 3.8) is 0 Å². The van der Waals surface area contributed by atoms with Crippen LogP contribution in [0.25, 0.3) is 11.2 Å². The van der Waals surface area contributed by atoms with Crippen molar-refractivity contribution in [2.75, 3.05) is 30.9 Å². The molecule has 0 bridgehead atoms. The van der Waals surface area contributed by atoms with Crippen LogP contribution in [0.5, 0.6) is 5.75 Å². The summed E-state index contributed by atoms with van der Waals surface area (Å²) in [5.41, 5.74) is -0.925. The fourth-order valence-electron chi connectivity index (χ4n) is 4.32. The number of pyridine rings is 1. The number of hydrogen-bond donors (Lipinski definition) is 2. The number of urea groups is 1. The summed E-state index contributed by atoms with van der Waals surface area (Å²) in [7, 11) is 4.33. The number of carbonyl (C=O) groups excluding carboxylic acids is 1. The number of nitrogens with one attached hydrogen (secondary N) is 2.